The molecule has 0 unspecified atom stereocenters. The summed E-state index contributed by atoms with van der Waals surface area (Å²) in [6.07, 6.45) is 0. The molecule has 0 fully saturated rings. The zero-order valence-corrected chi connectivity index (χ0v) is 15.4. The van der Waals surface area contributed by atoms with Gasteiger partial charge in [-0.05, 0) is 49.6 Å². The summed E-state index contributed by atoms with van der Waals surface area (Å²) in [5.74, 6) is 0.817. The van der Waals surface area contributed by atoms with Gasteiger partial charge in [-0.15, -0.1) is 0 Å². The van der Waals surface area contributed by atoms with Crippen LogP contribution in [0.1, 0.15) is 30.5 Å². The molecule has 25 heavy (non-hydrogen) atoms. The third-order valence-electron chi connectivity index (χ3n) is 4.04. The lowest BCUT2D eigenvalue weighted by Gasteiger charge is -2.21. The van der Waals surface area contributed by atoms with E-state index in [2.05, 4.69) is 0 Å². The Kier molecular flexibility index (Phi) is 5.47. The van der Waals surface area contributed by atoms with Gasteiger partial charge < -0.3 is 14.2 Å². The first-order chi connectivity index (χ1) is 11.8. The maximum absolute atomic E-state index is 11.6. The molecule has 0 saturated heterocycles. The monoisotopic (exact) mass is 342 g/mol. The molecule has 0 heterocycles. The van der Waals surface area contributed by atoms with E-state index in [1.54, 1.807) is 7.11 Å². The number of carbonyl (C=O) groups excluding carboxylic acids is 2. The highest BCUT2D eigenvalue weighted by atomic mass is 16.5. The van der Waals surface area contributed by atoms with Crippen LogP contribution in [-0.2, 0) is 9.59 Å². The van der Waals surface area contributed by atoms with Gasteiger partial charge in [0.15, 0.2) is 0 Å². The Morgan fingerprint density at radius 2 is 1.40 bits per heavy atom. The summed E-state index contributed by atoms with van der Waals surface area (Å²) in [5.41, 5.74) is 3.74. The number of hydrogen-bond acceptors (Lipinski definition) is 5. The Bertz CT molecular complexity index is 836. The van der Waals surface area contributed by atoms with Crippen molar-refractivity contribution in [1.29, 1.82) is 0 Å². The molecule has 132 valence electrons. The Hall–Kier alpha value is -2.82. The molecule has 5 nitrogen and oxygen atoms in total. The molecule has 2 rings (SSSR count). The van der Waals surface area contributed by atoms with Crippen molar-refractivity contribution in [3.63, 3.8) is 0 Å². The lowest BCUT2D eigenvalue weighted by atomic mass is 9.92. The molecule has 5 heteroatoms. The average Bonchev–Trinajstić information content (AvgIpc) is 2.56. The first kappa shape index (κ1) is 18.5. The number of hydrogen-bond donors (Lipinski definition) is 0. The summed E-state index contributed by atoms with van der Waals surface area (Å²) in [4.78, 5) is 23.1. The minimum Gasteiger partial charge on any atom is -0.497 e. The lowest BCUT2D eigenvalue weighted by Crippen LogP contribution is -2.10. The molecule has 0 aliphatic rings. The van der Waals surface area contributed by atoms with Crippen LogP contribution >= 0.6 is 0 Å². The van der Waals surface area contributed by atoms with Crippen LogP contribution in [0.15, 0.2) is 24.3 Å². The number of methoxy groups -OCH3 is 1. The van der Waals surface area contributed by atoms with Gasteiger partial charge in [-0.2, -0.15) is 0 Å². The van der Waals surface area contributed by atoms with Crippen molar-refractivity contribution < 1.29 is 23.8 Å². The van der Waals surface area contributed by atoms with E-state index in [-0.39, 0.29) is 0 Å². The molecule has 0 aliphatic heterocycles. The number of carbonyl (C=O) groups is 2. The van der Waals surface area contributed by atoms with Crippen LogP contribution in [0.5, 0.6) is 17.2 Å². The molecule has 2 aromatic carbocycles. The zero-order valence-electron chi connectivity index (χ0n) is 15.4. The number of rotatable bonds is 4. The van der Waals surface area contributed by atoms with Crippen LogP contribution in [0.2, 0.25) is 0 Å². The van der Waals surface area contributed by atoms with Crippen molar-refractivity contribution in [3.05, 3.63) is 41.0 Å². The third kappa shape index (κ3) is 3.82. The van der Waals surface area contributed by atoms with Gasteiger partial charge in [0.1, 0.15) is 17.2 Å². The van der Waals surface area contributed by atoms with Crippen molar-refractivity contribution in [3.8, 4) is 28.4 Å². The van der Waals surface area contributed by atoms with E-state index < -0.39 is 11.9 Å². The van der Waals surface area contributed by atoms with E-state index in [0.717, 1.165) is 22.3 Å². The highest BCUT2D eigenvalue weighted by molar-refractivity contribution is 5.84. The van der Waals surface area contributed by atoms with Crippen LogP contribution in [0, 0.1) is 20.8 Å². The molecule has 0 aliphatic carbocycles. The Balaban J connectivity index is 2.83. The fraction of sp³-hybridized carbons (Fsp3) is 0.300. The quantitative estimate of drug-likeness (QED) is 0.617. The van der Waals surface area contributed by atoms with E-state index in [4.69, 9.17) is 14.2 Å². The fourth-order valence-electron chi connectivity index (χ4n) is 2.79. The van der Waals surface area contributed by atoms with Gasteiger partial charge in [-0.25, -0.2) is 0 Å². The van der Waals surface area contributed by atoms with Crippen LogP contribution < -0.4 is 14.2 Å². The second-order valence-corrected chi connectivity index (χ2v) is 5.83. The lowest BCUT2D eigenvalue weighted by molar-refractivity contribution is -0.133. The van der Waals surface area contributed by atoms with Gasteiger partial charge in [0.25, 0.3) is 0 Å². The highest BCUT2D eigenvalue weighted by Gasteiger charge is 2.23. The van der Waals surface area contributed by atoms with E-state index >= 15 is 0 Å². The highest BCUT2D eigenvalue weighted by Crippen LogP contribution is 2.44. The molecular weight excluding hydrogens is 320 g/mol. The van der Waals surface area contributed by atoms with Gasteiger partial charge >= 0.3 is 11.9 Å². The topological polar surface area (TPSA) is 61.8 Å². The molecule has 0 saturated carbocycles. The normalized spacial score (nSPS) is 10.3. The minimum atomic E-state index is -0.411. The van der Waals surface area contributed by atoms with E-state index in [0.29, 0.717) is 22.8 Å². The second kappa shape index (κ2) is 7.38. The van der Waals surface area contributed by atoms with Crippen molar-refractivity contribution in [2.24, 2.45) is 0 Å². The maximum atomic E-state index is 11.6. The Morgan fingerprint density at radius 3 is 1.96 bits per heavy atom. The predicted octanol–water partition coefficient (Wildman–Crippen LogP) is 4.14. The summed E-state index contributed by atoms with van der Waals surface area (Å²) in [6, 6.07) is 7.43. The minimum absolute atomic E-state index is 0.401. The molecular formula is C20H22O5. The molecule has 0 amide bonds. The SMILES string of the molecule is COc1cccc(-c2c(C)c(OC(C)=O)c(C)c(C)c2OC(C)=O)c1. The third-order valence-corrected chi connectivity index (χ3v) is 4.04. The average molecular weight is 342 g/mol. The van der Waals surface area contributed by atoms with Gasteiger partial charge in [-0.3, -0.25) is 9.59 Å². The summed E-state index contributed by atoms with van der Waals surface area (Å²) >= 11 is 0. The summed E-state index contributed by atoms with van der Waals surface area (Å²) in [7, 11) is 1.59. The Morgan fingerprint density at radius 1 is 0.840 bits per heavy atom. The molecule has 0 radical (unpaired) electrons. The second-order valence-electron chi connectivity index (χ2n) is 5.83. The fourth-order valence-corrected chi connectivity index (χ4v) is 2.79. The Labute approximate surface area is 147 Å². The standard InChI is InChI=1S/C20H22O5/c1-11-12(2)20(25-15(5)22)18(13(3)19(11)24-14(4)21)16-8-7-9-17(10-16)23-6/h7-10H,1-6H3. The van der Waals surface area contributed by atoms with Crippen LogP contribution in [0.3, 0.4) is 0 Å². The molecule has 0 bridgehead atoms. The molecule has 0 N–H and O–H groups in total. The van der Waals surface area contributed by atoms with E-state index in [1.165, 1.54) is 13.8 Å². The van der Waals surface area contributed by atoms with Crippen LogP contribution in [0.25, 0.3) is 11.1 Å². The van der Waals surface area contributed by atoms with Gasteiger partial charge in [0.2, 0.25) is 0 Å². The summed E-state index contributed by atoms with van der Waals surface area (Å²) in [5, 5.41) is 0. The maximum Gasteiger partial charge on any atom is 0.308 e. The summed E-state index contributed by atoms with van der Waals surface area (Å²) in [6.45, 7) is 8.23. The van der Waals surface area contributed by atoms with E-state index in [1.807, 2.05) is 45.0 Å². The van der Waals surface area contributed by atoms with E-state index in [9.17, 15) is 9.59 Å². The van der Waals surface area contributed by atoms with Crippen molar-refractivity contribution in [2.45, 2.75) is 34.6 Å². The predicted molar refractivity (Wildman–Crippen MR) is 95.3 cm³/mol. The van der Waals surface area contributed by atoms with Gasteiger partial charge in [0.05, 0.1) is 7.11 Å². The smallest absolute Gasteiger partial charge is 0.308 e. The zero-order chi connectivity index (χ0) is 18.7. The molecule has 2 aromatic rings. The van der Waals surface area contributed by atoms with Crippen LogP contribution in [-0.4, -0.2) is 19.0 Å². The van der Waals surface area contributed by atoms with Crippen molar-refractivity contribution in [2.75, 3.05) is 7.11 Å². The largest absolute Gasteiger partial charge is 0.497 e. The van der Waals surface area contributed by atoms with Crippen LogP contribution in [0.4, 0.5) is 0 Å². The number of benzene rings is 2. The molecule has 0 atom stereocenters. The molecule has 0 aromatic heterocycles. The van der Waals surface area contributed by atoms with Gasteiger partial charge in [0, 0.05) is 25.0 Å². The van der Waals surface area contributed by atoms with Crippen molar-refractivity contribution >= 4 is 11.9 Å². The summed E-state index contributed by atoms with van der Waals surface area (Å²) < 4.78 is 16.2. The van der Waals surface area contributed by atoms with Gasteiger partial charge in [-0.1, -0.05) is 12.1 Å². The number of esters is 2. The molecule has 0 spiro atoms. The first-order valence-corrected chi connectivity index (χ1v) is 7.91. The van der Waals surface area contributed by atoms with Crippen molar-refractivity contribution in [1.82, 2.24) is 0 Å². The number of ether oxygens (including phenoxy) is 3. The first-order valence-electron chi connectivity index (χ1n) is 7.91.